The average Bonchev–Trinajstić information content (AvgIpc) is 2.91. The second kappa shape index (κ2) is 3.55. The Morgan fingerprint density at radius 1 is 0.650 bits per heavy atom. The van der Waals surface area contributed by atoms with Crippen molar-refractivity contribution in [2.45, 2.75) is 66.2 Å². The Hall–Kier alpha value is -1.11. The van der Waals surface area contributed by atoms with Gasteiger partial charge < -0.3 is 0 Å². The van der Waals surface area contributed by atoms with Crippen LogP contribution in [0.15, 0.2) is 0 Å². The van der Waals surface area contributed by atoms with Crippen molar-refractivity contribution < 1.29 is 4.79 Å². The van der Waals surface area contributed by atoms with E-state index in [1.54, 1.807) is 16.7 Å². The summed E-state index contributed by atoms with van der Waals surface area (Å²) in [7, 11) is 0. The molecule has 0 bridgehead atoms. The van der Waals surface area contributed by atoms with Crippen molar-refractivity contribution in [3.8, 4) is 0 Å². The molecule has 0 saturated carbocycles. The summed E-state index contributed by atoms with van der Waals surface area (Å²) in [5.41, 5.74) is 9.49. The van der Waals surface area contributed by atoms with E-state index >= 15 is 0 Å². The zero-order valence-corrected chi connectivity index (χ0v) is 13.2. The van der Waals surface area contributed by atoms with Crippen LogP contribution in [0.5, 0.6) is 0 Å². The van der Waals surface area contributed by atoms with Gasteiger partial charge in [0.05, 0.1) is 0 Å². The molecule has 3 aliphatic carbocycles. The van der Waals surface area contributed by atoms with Crippen LogP contribution in [-0.2, 0) is 32.1 Å². The van der Waals surface area contributed by atoms with Gasteiger partial charge in [0, 0.05) is 12.0 Å². The maximum atomic E-state index is 12.4. The first-order valence-corrected chi connectivity index (χ1v) is 7.99. The van der Waals surface area contributed by atoms with E-state index in [1.807, 2.05) is 0 Å². The van der Waals surface area contributed by atoms with Crippen molar-refractivity contribution >= 4 is 5.78 Å². The SMILES string of the molecule is CC1(C)Cc2c(c3c(c4c2CC(C)(C)C4)C(=O)CC3)C1. The van der Waals surface area contributed by atoms with E-state index in [2.05, 4.69) is 27.7 Å². The standard InChI is InChI=1S/C19H24O/c1-18(2)7-12-11-5-6-16(20)17(11)15-10-19(3,4)9-14(15)13(12)8-18/h5-10H2,1-4H3. The van der Waals surface area contributed by atoms with Crippen molar-refractivity contribution in [3.05, 3.63) is 33.4 Å². The molecular weight excluding hydrogens is 244 g/mol. The van der Waals surface area contributed by atoms with E-state index < -0.39 is 0 Å². The number of carbonyl (C=O) groups excluding carboxylic acids is 1. The number of carbonyl (C=O) groups is 1. The Labute approximate surface area is 121 Å². The van der Waals surface area contributed by atoms with Gasteiger partial charge >= 0.3 is 0 Å². The van der Waals surface area contributed by atoms with Crippen molar-refractivity contribution in [1.82, 2.24) is 0 Å². The summed E-state index contributed by atoms with van der Waals surface area (Å²) in [6.45, 7) is 9.46. The highest BCUT2D eigenvalue weighted by atomic mass is 16.1. The van der Waals surface area contributed by atoms with Gasteiger partial charge in [0.1, 0.15) is 0 Å². The van der Waals surface area contributed by atoms with Crippen molar-refractivity contribution in [3.63, 3.8) is 0 Å². The maximum absolute atomic E-state index is 12.4. The quantitative estimate of drug-likeness (QED) is 0.693. The zero-order chi connectivity index (χ0) is 14.3. The van der Waals surface area contributed by atoms with Crippen LogP contribution in [-0.4, -0.2) is 5.78 Å². The van der Waals surface area contributed by atoms with Crippen LogP contribution in [0, 0.1) is 10.8 Å². The molecule has 1 nitrogen and oxygen atoms in total. The average molecular weight is 268 g/mol. The number of hydrogen-bond acceptors (Lipinski definition) is 1. The molecule has 0 fully saturated rings. The fourth-order valence-electron chi connectivity index (χ4n) is 4.88. The molecule has 0 atom stereocenters. The third-order valence-electron chi connectivity index (χ3n) is 5.56. The summed E-state index contributed by atoms with van der Waals surface area (Å²) >= 11 is 0. The van der Waals surface area contributed by atoms with Crippen molar-refractivity contribution in [2.24, 2.45) is 10.8 Å². The lowest BCUT2D eigenvalue weighted by atomic mass is 9.88. The fourth-order valence-corrected chi connectivity index (χ4v) is 4.88. The first-order valence-electron chi connectivity index (χ1n) is 7.99. The number of hydrogen-bond donors (Lipinski definition) is 0. The predicted octanol–water partition coefficient (Wildman–Crippen LogP) is 4.07. The molecular formula is C19H24O. The molecule has 0 aliphatic heterocycles. The highest BCUT2D eigenvalue weighted by Crippen LogP contribution is 2.50. The van der Waals surface area contributed by atoms with Gasteiger partial charge in [-0.15, -0.1) is 0 Å². The number of rotatable bonds is 0. The first kappa shape index (κ1) is 12.6. The number of Topliss-reactive ketones (excluding diaryl/α,β-unsaturated/α-hetero) is 1. The van der Waals surface area contributed by atoms with Crippen LogP contribution in [0.4, 0.5) is 0 Å². The molecule has 0 N–H and O–H groups in total. The molecule has 0 heterocycles. The Morgan fingerprint density at radius 3 is 1.70 bits per heavy atom. The summed E-state index contributed by atoms with van der Waals surface area (Å²) in [4.78, 5) is 12.4. The molecule has 0 amide bonds. The molecule has 0 unspecified atom stereocenters. The van der Waals surface area contributed by atoms with Gasteiger partial charge in [0.15, 0.2) is 5.78 Å². The minimum absolute atomic E-state index is 0.334. The summed E-state index contributed by atoms with van der Waals surface area (Å²) in [6.07, 6.45) is 6.40. The molecule has 3 aliphatic rings. The third-order valence-corrected chi connectivity index (χ3v) is 5.56. The largest absolute Gasteiger partial charge is 0.294 e. The molecule has 4 rings (SSSR count). The number of benzene rings is 1. The maximum Gasteiger partial charge on any atom is 0.163 e. The summed E-state index contributed by atoms with van der Waals surface area (Å²) < 4.78 is 0. The highest BCUT2D eigenvalue weighted by Gasteiger charge is 2.42. The first-order chi connectivity index (χ1) is 9.27. The topological polar surface area (TPSA) is 17.1 Å². The van der Waals surface area contributed by atoms with Crippen LogP contribution >= 0.6 is 0 Å². The lowest BCUT2D eigenvalue weighted by molar-refractivity contribution is 0.0993. The van der Waals surface area contributed by atoms with E-state index in [-0.39, 0.29) is 0 Å². The Kier molecular flexibility index (Phi) is 2.24. The summed E-state index contributed by atoms with van der Waals surface area (Å²) in [5, 5.41) is 0. The van der Waals surface area contributed by atoms with Crippen LogP contribution in [0.2, 0.25) is 0 Å². The number of ketones is 1. The molecule has 0 spiro atoms. The monoisotopic (exact) mass is 268 g/mol. The molecule has 106 valence electrons. The molecule has 0 radical (unpaired) electrons. The van der Waals surface area contributed by atoms with E-state index in [1.165, 1.54) is 30.4 Å². The Morgan fingerprint density at radius 2 is 1.10 bits per heavy atom. The fraction of sp³-hybridized carbons (Fsp3) is 0.632. The van der Waals surface area contributed by atoms with Gasteiger partial charge in [0.25, 0.3) is 0 Å². The molecule has 1 aromatic carbocycles. The van der Waals surface area contributed by atoms with Crippen molar-refractivity contribution in [1.29, 1.82) is 0 Å². The predicted molar refractivity (Wildman–Crippen MR) is 81.5 cm³/mol. The smallest absolute Gasteiger partial charge is 0.163 e. The Bertz CT molecular complexity index is 646. The van der Waals surface area contributed by atoms with Gasteiger partial charge in [-0.2, -0.15) is 0 Å². The second-order valence-electron chi connectivity index (χ2n) is 8.73. The molecule has 0 aromatic heterocycles. The van der Waals surface area contributed by atoms with E-state index in [0.717, 1.165) is 24.8 Å². The molecule has 20 heavy (non-hydrogen) atoms. The minimum Gasteiger partial charge on any atom is -0.294 e. The van der Waals surface area contributed by atoms with Gasteiger partial charge in [0.2, 0.25) is 0 Å². The highest BCUT2D eigenvalue weighted by molar-refractivity contribution is 6.03. The molecule has 0 saturated heterocycles. The zero-order valence-electron chi connectivity index (χ0n) is 13.2. The van der Waals surface area contributed by atoms with Gasteiger partial charge in [-0.1, -0.05) is 27.7 Å². The van der Waals surface area contributed by atoms with Crippen LogP contribution in [0.1, 0.15) is 72.3 Å². The lowest BCUT2D eigenvalue weighted by Gasteiger charge is -2.17. The lowest BCUT2D eigenvalue weighted by Crippen LogP contribution is -2.12. The van der Waals surface area contributed by atoms with Crippen LogP contribution < -0.4 is 0 Å². The Balaban J connectivity index is 2.01. The van der Waals surface area contributed by atoms with Gasteiger partial charge in [-0.25, -0.2) is 0 Å². The van der Waals surface area contributed by atoms with E-state index in [9.17, 15) is 4.79 Å². The molecule has 1 heteroatoms. The van der Waals surface area contributed by atoms with E-state index in [4.69, 9.17) is 0 Å². The van der Waals surface area contributed by atoms with Crippen LogP contribution in [0.25, 0.3) is 0 Å². The second-order valence-corrected chi connectivity index (χ2v) is 8.73. The number of fused-ring (bicyclic) bond motifs is 6. The minimum atomic E-state index is 0.334. The van der Waals surface area contributed by atoms with E-state index in [0.29, 0.717) is 16.6 Å². The van der Waals surface area contributed by atoms with Crippen molar-refractivity contribution in [2.75, 3.05) is 0 Å². The van der Waals surface area contributed by atoms with Gasteiger partial charge in [-0.3, -0.25) is 4.79 Å². The van der Waals surface area contributed by atoms with Crippen LogP contribution in [0.3, 0.4) is 0 Å². The van der Waals surface area contributed by atoms with Gasteiger partial charge in [-0.05, 0) is 70.8 Å². The molecule has 1 aromatic rings. The third kappa shape index (κ3) is 1.58. The summed E-state index contributed by atoms with van der Waals surface area (Å²) in [6, 6.07) is 0. The normalized spacial score (nSPS) is 24.7. The summed E-state index contributed by atoms with van der Waals surface area (Å²) in [5.74, 6) is 0.418.